The van der Waals surface area contributed by atoms with Crippen molar-refractivity contribution in [2.75, 3.05) is 7.11 Å². The Morgan fingerprint density at radius 1 is 1.07 bits per heavy atom. The third kappa shape index (κ3) is 4.33. The number of rotatable bonds is 7. The summed E-state index contributed by atoms with van der Waals surface area (Å²) in [4.78, 5) is 16.9. The van der Waals surface area contributed by atoms with Crippen LogP contribution < -0.4 is 10.1 Å². The van der Waals surface area contributed by atoms with Crippen molar-refractivity contribution in [1.82, 2.24) is 15.5 Å². The summed E-state index contributed by atoms with van der Waals surface area (Å²) in [5.41, 5.74) is 1.93. The summed E-state index contributed by atoms with van der Waals surface area (Å²) in [7, 11) is 1.62. The van der Waals surface area contributed by atoms with Crippen LogP contribution in [-0.4, -0.2) is 23.2 Å². The molecule has 0 saturated heterocycles. The maximum absolute atomic E-state index is 12.5. The third-order valence-electron chi connectivity index (χ3n) is 5.05. The number of benzene rings is 3. The molecule has 1 aromatic heterocycles. The van der Waals surface area contributed by atoms with Crippen molar-refractivity contribution in [3.8, 4) is 17.1 Å². The monoisotopic (exact) mass is 401 g/mol. The maximum Gasteiger partial charge on any atom is 0.227 e. The van der Waals surface area contributed by atoms with Gasteiger partial charge in [0.2, 0.25) is 17.6 Å². The second-order valence-corrected chi connectivity index (χ2v) is 7.10. The van der Waals surface area contributed by atoms with Gasteiger partial charge in [-0.25, -0.2) is 0 Å². The number of amides is 1. The van der Waals surface area contributed by atoms with Gasteiger partial charge in [0, 0.05) is 18.4 Å². The summed E-state index contributed by atoms with van der Waals surface area (Å²) < 4.78 is 10.5. The molecule has 1 N–H and O–H groups in total. The molecule has 6 heteroatoms. The molecule has 3 aromatic carbocycles. The van der Waals surface area contributed by atoms with Gasteiger partial charge in [-0.2, -0.15) is 4.98 Å². The molecule has 0 aliphatic rings. The highest BCUT2D eigenvalue weighted by atomic mass is 16.5. The molecule has 1 atom stereocenters. The van der Waals surface area contributed by atoms with Gasteiger partial charge in [0.05, 0.1) is 13.2 Å². The predicted octanol–water partition coefficient (Wildman–Crippen LogP) is 4.71. The van der Waals surface area contributed by atoms with E-state index in [1.165, 1.54) is 0 Å². The number of nitrogens with one attached hydrogen (secondary N) is 1. The maximum atomic E-state index is 12.5. The van der Waals surface area contributed by atoms with Crippen LogP contribution in [0, 0.1) is 0 Å². The van der Waals surface area contributed by atoms with E-state index >= 15 is 0 Å². The van der Waals surface area contributed by atoms with Gasteiger partial charge in [-0.15, -0.1) is 0 Å². The van der Waals surface area contributed by atoms with E-state index in [0.29, 0.717) is 18.1 Å². The van der Waals surface area contributed by atoms with E-state index < -0.39 is 0 Å². The molecule has 30 heavy (non-hydrogen) atoms. The van der Waals surface area contributed by atoms with E-state index in [0.717, 1.165) is 27.6 Å². The van der Waals surface area contributed by atoms with E-state index in [9.17, 15) is 4.79 Å². The van der Waals surface area contributed by atoms with Gasteiger partial charge >= 0.3 is 0 Å². The van der Waals surface area contributed by atoms with Crippen molar-refractivity contribution in [3.63, 3.8) is 0 Å². The molecule has 0 aliphatic heterocycles. The lowest BCUT2D eigenvalue weighted by Gasteiger charge is -2.16. The van der Waals surface area contributed by atoms with E-state index in [1.807, 2.05) is 55.5 Å². The first kappa shape index (κ1) is 19.6. The van der Waals surface area contributed by atoms with Crippen LogP contribution >= 0.6 is 0 Å². The SMILES string of the molecule is COc1ccc(-c2noc(CCC(=O)NC(C)c3cccc4ccccc34)n2)cc1. The summed E-state index contributed by atoms with van der Waals surface area (Å²) in [6.45, 7) is 1.99. The highest BCUT2D eigenvalue weighted by Gasteiger charge is 2.14. The van der Waals surface area contributed by atoms with Gasteiger partial charge in [-0.3, -0.25) is 4.79 Å². The Kier molecular flexibility index (Phi) is 5.75. The summed E-state index contributed by atoms with van der Waals surface area (Å²) in [6.07, 6.45) is 0.663. The van der Waals surface area contributed by atoms with Crippen molar-refractivity contribution in [2.45, 2.75) is 25.8 Å². The van der Waals surface area contributed by atoms with Crippen LogP contribution in [-0.2, 0) is 11.2 Å². The lowest BCUT2D eigenvalue weighted by molar-refractivity contribution is -0.121. The van der Waals surface area contributed by atoms with Crippen LogP contribution in [0.4, 0.5) is 0 Å². The van der Waals surface area contributed by atoms with Gasteiger partial charge < -0.3 is 14.6 Å². The van der Waals surface area contributed by atoms with Gasteiger partial charge in [-0.05, 0) is 47.5 Å². The number of fused-ring (bicyclic) bond motifs is 1. The van der Waals surface area contributed by atoms with E-state index in [4.69, 9.17) is 9.26 Å². The van der Waals surface area contributed by atoms with Crippen LogP contribution in [0.25, 0.3) is 22.2 Å². The first-order chi connectivity index (χ1) is 14.6. The third-order valence-corrected chi connectivity index (χ3v) is 5.05. The number of carbonyl (C=O) groups is 1. The summed E-state index contributed by atoms with van der Waals surface area (Å²) in [5, 5.41) is 9.38. The second-order valence-electron chi connectivity index (χ2n) is 7.10. The van der Waals surface area contributed by atoms with Gasteiger partial charge in [-0.1, -0.05) is 47.6 Å². The first-order valence-electron chi connectivity index (χ1n) is 9.88. The molecule has 0 aliphatic carbocycles. The van der Waals surface area contributed by atoms with E-state index in [2.05, 4.69) is 33.7 Å². The van der Waals surface area contributed by atoms with Gasteiger partial charge in [0.25, 0.3) is 0 Å². The fourth-order valence-electron chi connectivity index (χ4n) is 3.45. The molecule has 1 unspecified atom stereocenters. The van der Waals surface area contributed by atoms with Crippen LogP contribution in [0.2, 0.25) is 0 Å². The fraction of sp³-hybridized carbons (Fsp3) is 0.208. The Bertz CT molecular complexity index is 1150. The molecule has 6 nitrogen and oxygen atoms in total. The van der Waals surface area contributed by atoms with Gasteiger partial charge in [0.15, 0.2) is 0 Å². The number of methoxy groups -OCH3 is 1. The summed E-state index contributed by atoms with van der Waals surface area (Å²) in [6, 6.07) is 21.6. The topological polar surface area (TPSA) is 77.2 Å². The highest BCUT2D eigenvalue weighted by molar-refractivity contribution is 5.86. The van der Waals surface area contributed by atoms with Crippen molar-refractivity contribution in [3.05, 3.63) is 78.2 Å². The predicted molar refractivity (Wildman–Crippen MR) is 115 cm³/mol. The first-order valence-corrected chi connectivity index (χ1v) is 9.88. The zero-order chi connectivity index (χ0) is 20.9. The molecule has 0 saturated carbocycles. The molecule has 152 valence electrons. The molecule has 4 aromatic rings. The molecule has 4 rings (SSSR count). The lowest BCUT2D eigenvalue weighted by atomic mass is 9.99. The summed E-state index contributed by atoms with van der Waals surface area (Å²) in [5.74, 6) is 1.64. The number of aromatic nitrogens is 2. The Labute approximate surface area is 174 Å². The van der Waals surface area contributed by atoms with E-state index in [1.54, 1.807) is 7.11 Å². The number of hydrogen-bond donors (Lipinski definition) is 1. The summed E-state index contributed by atoms with van der Waals surface area (Å²) >= 11 is 0. The molecule has 0 radical (unpaired) electrons. The largest absolute Gasteiger partial charge is 0.497 e. The molecule has 0 bridgehead atoms. The number of nitrogens with zero attached hydrogens (tertiary/aromatic N) is 2. The highest BCUT2D eigenvalue weighted by Crippen LogP contribution is 2.24. The molecule has 1 amide bonds. The van der Waals surface area contributed by atoms with Crippen molar-refractivity contribution in [1.29, 1.82) is 0 Å². The molecular weight excluding hydrogens is 378 g/mol. The van der Waals surface area contributed by atoms with Gasteiger partial charge in [0.1, 0.15) is 5.75 Å². The minimum Gasteiger partial charge on any atom is -0.497 e. The second kappa shape index (κ2) is 8.78. The molecular formula is C24H23N3O3. The van der Waals surface area contributed by atoms with Crippen LogP contribution in [0.1, 0.15) is 30.8 Å². The Hall–Kier alpha value is -3.67. The standard InChI is InChI=1S/C24H23N3O3/c1-16(20-9-5-7-17-6-3-4-8-21(17)20)25-22(28)14-15-23-26-24(27-30-23)18-10-12-19(29-2)13-11-18/h3-13,16H,14-15H2,1-2H3,(H,25,28). The number of ether oxygens (including phenoxy) is 1. The Balaban J connectivity index is 1.36. The number of aryl methyl sites for hydroxylation is 1. The molecule has 0 fully saturated rings. The van der Waals surface area contributed by atoms with Crippen LogP contribution in [0.15, 0.2) is 71.3 Å². The average Bonchev–Trinajstić information content (AvgIpc) is 3.26. The minimum absolute atomic E-state index is 0.0559. The Morgan fingerprint density at radius 2 is 1.83 bits per heavy atom. The fourth-order valence-corrected chi connectivity index (χ4v) is 3.45. The van der Waals surface area contributed by atoms with Crippen molar-refractivity contribution < 1.29 is 14.1 Å². The van der Waals surface area contributed by atoms with E-state index in [-0.39, 0.29) is 18.4 Å². The number of carbonyl (C=O) groups excluding carboxylic acids is 1. The quantitative estimate of drug-likeness (QED) is 0.485. The Morgan fingerprint density at radius 3 is 2.63 bits per heavy atom. The number of hydrogen-bond acceptors (Lipinski definition) is 5. The zero-order valence-electron chi connectivity index (χ0n) is 17.0. The van der Waals surface area contributed by atoms with Crippen molar-refractivity contribution in [2.24, 2.45) is 0 Å². The zero-order valence-corrected chi connectivity index (χ0v) is 17.0. The lowest BCUT2D eigenvalue weighted by Crippen LogP contribution is -2.27. The normalized spacial score (nSPS) is 11.9. The molecule has 0 spiro atoms. The van der Waals surface area contributed by atoms with Crippen molar-refractivity contribution >= 4 is 16.7 Å². The van der Waals surface area contributed by atoms with Crippen LogP contribution in [0.5, 0.6) is 5.75 Å². The smallest absolute Gasteiger partial charge is 0.227 e. The average molecular weight is 401 g/mol. The molecule has 1 heterocycles. The van der Waals surface area contributed by atoms with Crippen LogP contribution in [0.3, 0.4) is 0 Å². The minimum atomic E-state index is -0.0962.